The Morgan fingerprint density at radius 2 is 1.84 bits per heavy atom. The number of fused-ring (bicyclic) bond motifs is 3. The Hall–Kier alpha value is -3.31. The molecule has 3 heterocycles. The summed E-state index contributed by atoms with van der Waals surface area (Å²) < 4.78 is 34.0. The van der Waals surface area contributed by atoms with Crippen molar-refractivity contribution < 1.29 is 47.9 Å². The van der Waals surface area contributed by atoms with Crippen LogP contribution in [0.4, 0.5) is 0 Å². The van der Waals surface area contributed by atoms with E-state index in [0.717, 1.165) is 56.3 Å². The molecule has 4 atom stereocenters. The van der Waals surface area contributed by atoms with Gasteiger partial charge in [-0.2, -0.15) is 0 Å². The number of benzene rings is 1. The number of esters is 3. The molecule has 0 aromatic heterocycles. The van der Waals surface area contributed by atoms with E-state index in [9.17, 15) is 19.5 Å². The molecule has 1 aromatic rings. The molecule has 240 valence electrons. The molecule has 0 amide bonds. The quantitative estimate of drug-likeness (QED) is 0.291. The third-order valence-corrected chi connectivity index (χ3v) is 9.90. The standard InChI is InChI=1S/C33H43NO10/c1-31(2,44-29(36)20-7-8-20)10-5-12-33(38,18-26(35)40-4)30(37)43-28-25(39-3)17-32-11-6-13-34(32)14-9-21-15-23-24(42-19-41-23)16-22(21)27(28)32/h15-17,20,27-28,38H,5-14,18-19H2,1-4H3. The van der Waals surface area contributed by atoms with Crippen molar-refractivity contribution in [3.05, 3.63) is 35.1 Å². The molecule has 1 spiro atoms. The molecule has 44 heavy (non-hydrogen) atoms. The van der Waals surface area contributed by atoms with Crippen molar-refractivity contribution in [2.75, 3.05) is 34.1 Å². The molecule has 11 heteroatoms. The first kappa shape index (κ1) is 30.7. The number of methoxy groups -OCH3 is 2. The first-order valence-corrected chi connectivity index (χ1v) is 15.7. The van der Waals surface area contributed by atoms with Gasteiger partial charge in [0, 0.05) is 6.54 Å². The Bertz CT molecular complexity index is 1350. The number of rotatable bonds is 11. The normalized spacial score (nSPS) is 26.8. The largest absolute Gasteiger partial charge is 0.497 e. The minimum Gasteiger partial charge on any atom is -0.497 e. The van der Waals surface area contributed by atoms with Crippen LogP contribution in [0.2, 0.25) is 0 Å². The van der Waals surface area contributed by atoms with Gasteiger partial charge in [-0.25, -0.2) is 4.79 Å². The SMILES string of the molecule is COC(=O)CC(O)(CCCC(C)(C)OC(=O)C1CC1)C(=O)OC1C(OC)=CC23CCCN2CCc2cc4c(cc2C13)OCO4. The van der Waals surface area contributed by atoms with Gasteiger partial charge in [0.25, 0.3) is 0 Å². The fraction of sp³-hybridized carbons (Fsp3) is 0.667. The highest BCUT2D eigenvalue weighted by atomic mass is 16.7. The summed E-state index contributed by atoms with van der Waals surface area (Å²) >= 11 is 0. The zero-order valence-corrected chi connectivity index (χ0v) is 26.0. The van der Waals surface area contributed by atoms with Crippen molar-refractivity contribution >= 4 is 17.9 Å². The topological polar surface area (TPSA) is 130 Å². The van der Waals surface area contributed by atoms with Gasteiger partial charge in [0.2, 0.25) is 6.79 Å². The molecule has 1 saturated heterocycles. The number of ether oxygens (including phenoxy) is 6. The van der Waals surface area contributed by atoms with Gasteiger partial charge in [-0.1, -0.05) is 0 Å². The smallest absolute Gasteiger partial charge is 0.339 e. The van der Waals surface area contributed by atoms with Gasteiger partial charge in [-0.15, -0.1) is 0 Å². The molecule has 1 N–H and O–H groups in total. The van der Waals surface area contributed by atoms with Gasteiger partial charge < -0.3 is 33.5 Å². The van der Waals surface area contributed by atoms with Crippen LogP contribution in [-0.4, -0.2) is 84.9 Å². The summed E-state index contributed by atoms with van der Waals surface area (Å²) in [6.07, 6.45) is 5.60. The second-order valence-corrected chi connectivity index (χ2v) is 13.4. The number of carbonyl (C=O) groups is 3. The van der Waals surface area contributed by atoms with Crippen molar-refractivity contribution in [1.29, 1.82) is 0 Å². The van der Waals surface area contributed by atoms with Gasteiger partial charge in [0.1, 0.15) is 11.4 Å². The number of hydrogen-bond donors (Lipinski definition) is 1. The molecule has 1 saturated carbocycles. The van der Waals surface area contributed by atoms with Crippen molar-refractivity contribution in [3.63, 3.8) is 0 Å². The molecule has 0 bridgehead atoms. The van der Waals surface area contributed by atoms with Crippen LogP contribution in [0, 0.1) is 5.92 Å². The fourth-order valence-electron chi connectivity index (χ4n) is 7.43. The minimum absolute atomic E-state index is 0.0386. The molecule has 11 nitrogen and oxygen atoms in total. The Morgan fingerprint density at radius 1 is 1.09 bits per heavy atom. The van der Waals surface area contributed by atoms with E-state index in [0.29, 0.717) is 30.1 Å². The molecular weight excluding hydrogens is 570 g/mol. The van der Waals surface area contributed by atoms with E-state index in [1.807, 2.05) is 12.1 Å². The summed E-state index contributed by atoms with van der Waals surface area (Å²) in [6, 6.07) is 4.01. The van der Waals surface area contributed by atoms with E-state index in [1.54, 1.807) is 21.0 Å². The third-order valence-electron chi connectivity index (χ3n) is 9.90. The van der Waals surface area contributed by atoms with Crippen LogP contribution in [0.1, 0.15) is 82.3 Å². The monoisotopic (exact) mass is 613 g/mol. The highest BCUT2D eigenvalue weighted by molar-refractivity contribution is 5.86. The fourth-order valence-corrected chi connectivity index (χ4v) is 7.43. The van der Waals surface area contributed by atoms with E-state index in [1.165, 1.54) is 7.11 Å². The number of nitrogens with zero attached hydrogens (tertiary/aromatic N) is 1. The van der Waals surface area contributed by atoms with Crippen LogP contribution in [0.15, 0.2) is 24.0 Å². The minimum atomic E-state index is -2.16. The zero-order chi connectivity index (χ0) is 31.3. The summed E-state index contributed by atoms with van der Waals surface area (Å²) in [7, 11) is 2.77. The van der Waals surface area contributed by atoms with Crippen molar-refractivity contribution in [2.24, 2.45) is 5.92 Å². The maximum atomic E-state index is 14.0. The van der Waals surface area contributed by atoms with Crippen LogP contribution in [-0.2, 0) is 39.8 Å². The predicted molar refractivity (Wildman–Crippen MR) is 156 cm³/mol. The van der Waals surface area contributed by atoms with E-state index in [2.05, 4.69) is 11.0 Å². The van der Waals surface area contributed by atoms with Crippen LogP contribution >= 0.6 is 0 Å². The highest BCUT2D eigenvalue weighted by Crippen LogP contribution is 2.55. The average molecular weight is 614 g/mol. The molecule has 1 aromatic carbocycles. The van der Waals surface area contributed by atoms with Crippen molar-refractivity contribution in [2.45, 2.75) is 100 Å². The Kier molecular flexibility index (Phi) is 8.07. The lowest BCUT2D eigenvalue weighted by Crippen LogP contribution is -2.49. The Morgan fingerprint density at radius 3 is 2.55 bits per heavy atom. The molecule has 3 aliphatic heterocycles. The van der Waals surface area contributed by atoms with Crippen LogP contribution < -0.4 is 9.47 Å². The van der Waals surface area contributed by atoms with E-state index < -0.39 is 41.2 Å². The first-order chi connectivity index (χ1) is 21.0. The summed E-state index contributed by atoms with van der Waals surface area (Å²) in [4.78, 5) is 41.1. The highest BCUT2D eigenvalue weighted by Gasteiger charge is 2.59. The molecule has 2 fully saturated rings. The van der Waals surface area contributed by atoms with Gasteiger partial charge in [0.15, 0.2) is 23.2 Å². The predicted octanol–water partition coefficient (Wildman–Crippen LogP) is 3.54. The van der Waals surface area contributed by atoms with Gasteiger partial charge in [0.05, 0.1) is 38.0 Å². The molecule has 4 unspecified atom stereocenters. The molecule has 6 rings (SSSR count). The lowest BCUT2D eigenvalue weighted by Gasteiger charge is -2.39. The lowest BCUT2D eigenvalue weighted by molar-refractivity contribution is -0.179. The zero-order valence-electron chi connectivity index (χ0n) is 26.0. The van der Waals surface area contributed by atoms with E-state index in [-0.39, 0.29) is 31.0 Å². The first-order valence-electron chi connectivity index (χ1n) is 15.7. The molecule has 0 radical (unpaired) electrons. The Balaban J connectivity index is 1.27. The van der Waals surface area contributed by atoms with Crippen LogP contribution in [0.3, 0.4) is 0 Å². The van der Waals surface area contributed by atoms with E-state index in [4.69, 9.17) is 28.4 Å². The maximum absolute atomic E-state index is 14.0. The van der Waals surface area contributed by atoms with Crippen LogP contribution in [0.5, 0.6) is 11.5 Å². The molecule has 2 aliphatic carbocycles. The average Bonchev–Trinajstić information content (AvgIpc) is 3.54. The summed E-state index contributed by atoms with van der Waals surface area (Å²) in [6.45, 7) is 5.49. The molecule has 5 aliphatic rings. The Labute approximate surface area is 257 Å². The van der Waals surface area contributed by atoms with Gasteiger partial charge in [-0.3, -0.25) is 14.5 Å². The van der Waals surface area contributed by atoms with Gasteiger partial charge >= 0.3 is 17.9 Å². The number of carbonyl (C=O) groups excluding carboxylic acids is 3. The van der Waals surface area contributed by atoms with Crippen LogP contribution in [0.25, 0.3) is 0 Å². The summed E-state index contributed by atoms with van der Waals surface area (Å²) in [5.74, 6) is -0.379. The number of hydrogen-bond acceptors (Lipinski definition) is 11. The number of aliphatic hydroxyl groups is 1. The second-order valence-electron chi connectivity index (χ2n) is 13.4. The van der Waals surface area contributed by atoms with Crippen molar-refractivity contribution in [1.82, 2.24) is 4.90 Å². The van der Waals surface area contributed by atoms with E-state index >= 15 is 0 Å². The second kappa shape index (κ2) is 11.6. The third kappa shape index (κ3) is 5.64. The summed E-state index contributed by atoms with van der Waals surface area (Å²) in [5, 5.41) is 11.7. The van der Waals surface area contributed by atoms with Gasteiger partial charge in [-0.05, 0) is 101 Å². The van der Waals surface area contributed by atoms with Crippen molar-refractivity contribution in [3.8, 4) is 11.5 Å². The lowest BCUT2D eigenvalue weighted by atomic mass is 9.77. The molecular formula is C33H43NO10. The maximum Gasteiger partial charge on any atom is 0.339 e. The summed E-state index contributed by atoms with van der Waals surface area (Å²) in [5.41, 5.74) is -1.30.